The minimum atomic E-state index is -0.524. The molecule has 0 saturated heterocycles. The van der Waals surface area contributed by atoms with E-state index in [0.29, 0.717) is 5.69 Å². The fraction of sp³-hybridized carbons (Fsp3) is 0.278. The van der Waals surface area contributed by atoms with Gasteiger partial charge < -0.3 is 10.2 Å². The van der Waals surface area contributed by atoms with Crippen LogP contribution in [-0.2, 0) is 11.2 Å². The van der Waals surface area contributed by atoms with E-state index in [1.54, 1.807) is 0 Å². The van der Waals surface area contributed by atoms with Crippen molar-refractivity contribution in [1.29, 1.82) is 0 Å². The second-order valence-electron chi connectivity index (χ2n) is 6.11. The van der Waals surface area contributed by atoms with Crippen LogP contribution in [0.1, 0.15) is 18.9 Å². The van der Waals surface area contributed by atoms with Crippen LogP contribution in [0.5, 0.6) is 0 Å². The Hall–Kier alpha value is -2.60. The summed E-state index contributed by atoms with van der Waals surface area (Å²) in [6, 6.07) is 12.3. The molecule has 2 aromatic carbocycles. The molecule has 0 fully saturated rings. The number of rotatable bonds is 4. The molecule has 1 heterocycles. The molecule has 7 heteroatoms. The third-order valence-electron chi connectivity index (χ3n) is 4.42. The van der Waals surface area contributed by atoms with Crippen molar-refractivity contribution in [2.24, 2.45) is 0 Å². The number of benzene rings is 2. The summed E-state index contributed by atoms with van der Waals surface area (Å²) < 4.78 is 0. The normalized spacial score (nSPS) is 16.2. The van der Waals surface area contributed by atoms with Crippen molar-refractivity contribution in [2.75, 3.05) is 16.8 Å². The van der Waals surface area contributed by atoms with Gasteiger partial charge in [-0.2, -0.15) is 0 Å². The number of nitro groups is 1. The molecule has 0 aliphatic carbocycles. The third kappa shape index (κ3) is 3.74. The minimum Gasteiger partial charge on any atom is -0.359 e. The maximum absolute atomic E-state index is 12.5. The predicted octanol–water partition coefficient (Wildman–Crippen LogP) is 4.03. The fourth-order valence-electron chi connectivity index (χ4n) is 3.06. The molecule has 2 aromatic rings. The molecule has 0 unspecified atom stereocenters. The number of nitrogens with one attached hydrogen (secondary N) is 1. The molecule has 130 valence electrons. The second-order valence-corrected chi connectivity index (χ2v) is 6.52. The van der Waals surface area contributed by atoms with Gasteiger partial charge in [-0.3, -0.25) is 14.9 Å². The van der Waals surface area contributed by atoms with Crippen LogP contribution in [0.2, 0.25) is 5.02 Å². The van der Waals surface area contributed by atoms with E-state index in [0.717, 1.165) is 18.5 Å². The van der Waals surface area contributed by atoms with Crippen LogP contribution in [0.4, 0.5) is 17.1 Å². The summed E-state index contributed by atoms with van der Waals surface area (Å²) in [5.41, 5.74) is 2.57. The number of halogens is 1. The quantitative estimate of drug-likeness (QED) is 0.660. The molecule has 0 aromatic heterocycles. The van der Waals surface area contributed by atoms with Crippen molar-refractivity contribution >= 4 is 34.6 Å². The van der Waals surface area contributed by atoms with Crippen LogP contribution >= 0.6 is 11.6 Å². The van der Waals surface area contributed by atoms with Crippen molar-refractivity contribution in [3.05, 3.63) is 63.2 Å². The molecule has 25 heavy (non-hydrogen) atoms. The molecule has 3 rings (SSSR count). The summed E-state index contributed by atoms with van der Waals surface area (Å²) in [5.74, 6) is -0.209. The summed E-state index contributed by atoms with van der Waals surface area (Å²) in [4.78, 5) is 24.8. The lowest BCUT2D eigenvalue weighted by Gasteiger charge is -2.36. The highest BCUT2D eigenvalue weighted by Gasteiger charge is 2.24. The Labute approximate surface area is 150 Å². The van der Waals surface area contributed by atoms with Gasteiger partial charge in [-0.1, -0.05) is 29.8 Å². The standard InChI is InChI=1S/C18H18ClN3O3/c1-12-6-7-13-4-2-3-5-17(13)21(12)11-18(23)20-16-9-8-14(22(24)25)10-15(16)19/h2-5,8-10,12H,6-7,11H2,1H3,(H,20,23)/t12-/m1/s1. The van der Waals surface area contributed by atoms with Gasteiger partial charge in [0.25, 0.3) is 5.69 Å². The van der Waals surface area contributed by atoms with E-state index in [2.05, 4.69) is 23.2 Å². The molecule has 0 saturated carbocycles. The maximum Gasteiger partial charge on any atom is 0.271 e. The number of hydrogen-bond donors (Lipinski definition) is 1. The third-order valence-corrected chi connectivity index (χ3v) is 4.73. The van der Waals surface area contributed by atoms with Gasteiger partial charge in [-0.05, 0) is 37.5 Å². The first-order valence-electron chi connectivity index (χ1n) is 8.04. The lowest BCUT2D eigenvalue weighted by atomic mass is 9.96. The van der Waals surface area contributed by atoms with Crippen molar-refractivity contribution in [2.45, 2.75) is 25.8 Å². The van der Waals surface area contributed by atoms with E-state index in [9.17, 15) is 14.9 Å². The van der Waals surface area contributed by atoms with Crippen LogP contribution in [0, 0.1) is 10.1 Å². The van der Waals surface area contributed by atoms with Gasteiger partial charge in [0.1, 0.15) is 0 Å². The average Bonchev–Trinajstić information content (AvgIpc) is 2.59. The number of para-hydroxylation sites is 1. The number of nitrogens with zero attached hydrogens (tertiary/aromatic N) is 2. The van der Waals surface area contributed by atoms with E-state index >= 15 is 0 Å². The molecule has 6 nitrogen and oxygen atoms in total. The first-order valence-corrected chi connectivity index (χ1v) is 8.42. The minimum absolute atomic E-state index is 0.110. The van der Waals surface area contributed by atoms with Gasteiger partial charge in [0, 0.05) is 23.9 Å². The van der Waals surface area contributed by atoms with Crippen LogP contribution in [0.15, 0.2) is 42.5 Å². The first kappa shape index (κ1) is 17.2. The van der Waals surface area contributed by atoms with E-state index in [1.165, 1.54) is 23.8 Å². The molecular weight excluding hydrogens is 342 g/mol. The Balaban J connectivity index is 1.74. The summed E-state index contributed by atoms with van der Waals surface area (Å²) in [6.45, 7) is 2.30. The SMILES string of the molecule is C[C@@H]1CCc2ccccc2N1CC(=O)Nc1ccc([N+](=O)[O-])cc1Cl. The molecule has 0 radical (unpaired) electrons. The van der Waals surface area contributed by atoms with Gasteiger partial charge >= 0.3 is 0 Å². The summed E-state index contributed by atoms with van der Waals surface area (Å²) >= 11 is 6.04. The Morgan fingerprint density at radius 1 is 1.36 bits per heavy atom. The van der Waals surface area contributed by atoms with Gasteiger partial charge in [-0.25, -0.2) is 0 Å². The lowest BCUT2D eigenvalue weighted by molar-refractivity contribution is -0.384. The number of fused-ring (bicyclic) bond motifs is 1. The average molecular weight is 360 g/mol. The van der Waals surface area contributed by atoms with Crippen molar-refractivity contribution in [1.82, 2.24) is 0 Å². The zero-order chi connectivity index (χ0) is 18.0. The number of non-ortho nitro benzene ring substituents is 1. The number of aryl methyl sites for hydroxylation is 1. The van der Waals surface area contributed by atoms with Crippen LogP contribution < -0.4 is 10.2 Å². The highest BCUT2D eigenvalue weighted by Crippen LogP contribution is 2.31. The zero-order valence-corrected chi connectivity index (χ0v) is 14.5. The van der Waals surface area contributed by atoms with Gasteiger partial charge in [0.05, 0.1) is 22.2 Å². The molecule has 1 aliphatic heterocycles. The topological polar surface area (TPSA) is 75.5 Å². The first-order chi connectivity index (χ1) is 12.0. The molecular formula is C18H18ClN3O3. The Bertz CT molecular complexity index is 825. The zero-order valence-electron chi connectivity index (χ0n) is 13.7. The van der Waals surface area contributed by atoms with Gasteiger partial charge in [0.15, 0.2) is 0 Å². The Kier molecular flexibility index (Phi) is 4.90. The smallest absolute Gasteiger partial charge is 0.271 e. The number of carbonyl (C=O) groups excluding carboxylic acids is 1. The molecule has 1 atom stereocenters. The van der Waals surface area contributed by atoms with E-state index in [1.807, 2.05) is 18.2 Å². The maximum atomic E-state index is 12.5. The van der Waals surface area contributed by atoms with Crippen molar-refractivity contribution in [3.8, 4) is 0 Å². The monoisotopic (exact) mass is 359 g/mol. The summed E-state index contributed by atoms with van der Waals surface area (Å²) in [5, 5.41) is 13.6. The van der Waals surface area contributed by atoms with Crippen molar-refractivity contribution < 1.29 is 9.72 Å². The summed E-state index contributed by atoms with van der Waals surface area (Å²) in [7, 11) is 0. The fourth-order valence-corrected chi connectivity index (χ4v) is 3.29. The number of carbonyl (C=O) groups is 1. The van der Waals surface area contributed by atoms with Crippen LogP contribution in [0.25, 0.3) is 0 Å². The lowest BCUT2D eigenvalue weighted by Crippen LogP contribution is -2.42. The van der Waals surface area contributed by atoms with E-state index < -0.39 is 4.92 Å². The molecule has 0 spiro atoms. The number of anilines is 2. The predicted molar refractivity (Wildman–Crippen MR) is 98.3 cm³/mol. The Morgan fingerprint density at radius 2 is 2.12 bits per heavy atom. The van der Waals surface area contributed by atoms with E-state index in [-0.39, 0.29) is 29.2 Å². The highest BCUT2D eigenvalue weighted by molar-refractivity contribution is 6.34. The summed E-state index contributed by atoms with van der Waals surface area (Å²) in [6.07, 6.45) is 1.99. The molecule has 1 N–H and O–H groups in total. The van der Waals surface area contributed by atoms with Crippen molar-refractivity contribution in [3.63, 3.8) is 0 Å². The van der Waals surface area contributed by atoms with E-state index in [4.69, 9.17) is 11.6 Å². The molecule has 1 aliphatic rings. The second kappa shape index (κ2) is 7.11. The number of hydrogen-bond acceptors (Lipinski definition) is 4. The molecule has 0 bridgehead atoms. The van der Waals surface area contributed by atoms with Crippen LogP contribution in [-0.4, -0.2) is 23.4 Å². The highest BCUT2D eigenvalue weighted by atomic mass is 35.5. The number of amides is 1. The van der Waals surface area contributed by atoms with Gasteiger partial charge in [0.2, 0.25) is 5.91 Å². The molecule has 1 amide bonds. The Morgan fingerprint density at radius 3 is 2.84 bits per heavy atom. The van der Waals surface area contributed by atoms with Crippen LogP contribution in [0.3, 0.4) is 0 Å². The largest absolute Gasteiger partial charge is 0.359 e. The van der Waals surface area contributed by atoms with Gasteiger partial charge in [-0.15, -0.1) is 0 Å². The number of nitro benzene ring substituents is 1.